The SMILES string of the molecule is CCn1c(=O)c(-c2noc(C(=O)NCCc3ccccc3)n2)nn(-c2ccc(F)cc2)c1=O. The van der Waals surface area contributed by atoms with E-state index in [0.717, 1.165) is 26.9 Å². The molecule has 33 heavy (non-hydrogen) atoms. The van der Waals surface area contributed by atoms with Gasteiger partial charge in [0.05, 0.1) is 5.69 Å². The standard InChI is InChI=1S/C22H19FN6O4/c1-2-28-21(31)17(26-29(22(28)32)16-10-8-15(23)9-11-16)18-25-20(33-27-18)19(30)24-13-12-14-6-4-3-5-7-14/h3-11H,2,12-13H2,1H3,(H,24,30). The van der Waals surface area contributed by atoms with Crippen molar-refractivity contribution in [1.29, 1.82) is 0 Å². The van der Waals surface area contributed by atoms with Crippen molar-refractivity contribution >= 4 is 5.91 Å². The van der Waals surface area contributed by atoms with Gasteiger partial charge in [-0.15, -0.1) is 0 Å². The second-order valence-corrected chi connectivity index (χ2v) is 6.98. The smallest absolute Gasteiger partial charge is 0.347 e. The number of hydrogen-bond donors (Lipinski definition) is 1. The maximum absolute atomic E-state index is 13.3. The van der Waals surface area contributed by atoms with E-state index in [2.05, 4.69) is 20.6 Å². The molecule has 4 rings (SSSR count). The Balaban J connectivity index is 1.61. The van der Waals surface area contributed by atoms with Crippen LogP contribution in [0.1, 0.15) is 23.2 Å². The number of nitrogens with zero attached hydrogens (tertiary/aromatic N) is 5. The van der Waals surface area contributed by atoms with Crippen molar-refractivity contribution in [3.05, 3.63) is 92.7 Å². The molecule has 0 aliphatic carbocycles. The van der Waals surface area contributed by atoms with E-state index in [9.17, 15) is 18.8 Å². The van der Waals surface area contributed by atoms with Crippen molar-refractivity contribution in [2.24, 2.45) is 0 Å². The summed E-state index contributed by atoms with van der Waals surface area (Å²) in [6.07, 6.45) is 0.610. The van der Waals surface area contributed by atoms with Crippen LogP contribution < -0.4 is 16.6 Å². The fourth-order valence-corrected chi connectivity index (χ4v) is 3.14. The summed E-state index contributed by atoms with van der Waals surface area (Å²) >= 11 is 0. The molecule has 4 aromatic rings. The first kappa shape index (κ1) is 21.8. The van der Waals surface area contributed by atoms with Gasteiger partial charge < -0.3 is 9.84 Å². The van der Waals surface area contributed by atoms with Gasteiger partial charge in [0.25, 0.3) is 5.56 Å². The Morgan fingerprint density at radius 3 is 2.52 bits per heavy atom. The molecule has 0 bridgehead atoms. The molecule has 168 valence electrons. The van der Waals surface area contributed by atoms with Gasteiger partial charge in [-0.05, 0) is 43.2 Å². The maximum Gasteiger partial charge on any atom is 0.352 e. The van der Waals surface area contributed by atoms with E-state index in [1.165, 1.54) is 12.1 Å². The Morgan fingerprint density at radius 1 is 1.09 bits per heavy atom. The van der Waals surface area contributed by atoms with E-state index < -0.39 is 23.0 Å². The number of nitrogens with one attached hydrogen (secondary N) is 1. The molecule has 0 aliphatic rings. The fraction of sp³-hybridized carbons (Fsp3) is 0.182. The average Bonchev–Trinajstić information content (AvgIpc) is 3.31. The number of rotatable bonds is 7. The normalized spacial score (nSPS) is 10.8. The molecule has 1 amide bonds. The molecule has 0 radical (unpaired) electrons. The first-order valence-corrected chi connectivity index (χ1v) is 10.1. The lowest BCUT2D eigenvalue weighted by molar-refractivity contribution is 0.0910. The van der Waals surface area contributed by atoms with Crippen LogP contribution in [0.4, 0.5) is 4.39 Å². The van der Waals surface area contributed by atoms with Crippen LogP contribution in [0.5, 0.6) is 0 Å². The summed E-state index contributed by atoms with van der Waals surface area (Å²) in [7, 11) is 0. The third-order valence-electron chi connectivity index (χ3n) is 4.82. The van der Waals surface area contributed by atoms with Gasteiger partial charge >= 0.3 is 17.5 Å². The van der Waals surface area contributed by atoms with E-state index in [-0.39, 0.29) is 29.6 Å². The summed E-state index contributed by atoms with van der Waals surface area (Å²) in [6.45, 7) is 2.01. The van der Waals surface area contributed by atoms with Gasteiger partial charge in [0.1, 0.15) is 5.82 Å². The monoisotopic (exact) mass is 450 g/mol. The van der Waals surface area contributed by atoms with Crippen LogP contribution in [0, 0.1) is 5.82 Å². The van der Waals surface area contributed by atoms with Gasteiger partial charge in [-0.1, -0.05) is 35.5 Å². The summed E-state index contributed by atoms with van der Waals surface area (Å²) in [5, 5.41) is 10.4. The number of carbonyl (C=O) groups is 1. The van der Waals surface area contributed by atoms with Gasteiger partial charge in [-0.3, -0.25) is 14.2 Å². The number of benzene rings is 2. The first-order chi connectivity index (χ1) is 16.0. The molecule has 10 nitrogen and oxygen atoms in total. The lowest BCUT2D eigenvalue weighted by atomic mass is 10.1. The highest BCUT2D eigenvalue weighted by molar-refractivity contribution is 5.89. The largest absolute Gasteiger partial charge is 0.352 e. The number of aromatic nitrogens is 5. The zero-order chi connectivity index (χ0) is 23.4. The molecule has 11 heteroatoms. The van der Waals surface area contributed by atoms with Gasteiger partial charge in [0.2, 0.25) is 5.82 Å². The summed E-state index contributed by atoms with van der Waals surface area (Å²) in [5.74, 6) is -1.68. The predicted molar refractivity (Wildman–Crippen MR) is 115 cm³/mol. The zero-order valence-corrected chi connectivity index (χ0v) is 17.6. The second-order valence-electron chi connectivity index (χ2n) is 6.98. The molecule has 0 fully saturated rings. The first-order valence-electron chi connectivity index (χ1n) is 10.1. The minimum absolute atomic E-state index is 0.0546. The van der Waals surface area contributed by atoms with Crippen LogP contribution in [-0.4, -0.2) is 36.9 Å². The maximum atomic E-state index is 13.3. The van der Waals surface area contributed by atoms with E-state index in [4.69, 9.17) is 4.52 Å². The molecule has 2 aromatic heterocycles. The topological polar surface area (TPSA) is 125 Å². The molecule has 2 aromatic carbocycles. The zero-order valence-electron chi connectivity index (χ0n) is 17.6. The molecule has 0 saturated heterocycles. The van der Waals surface area contributed by atoms with Crippen LogP contribution in [-0.2, 0) is 13.0 Å². The molecule has 0 aliphatic heterocycles. The summed E-state index contributed by atoms with van der Waals surface area (Å²) in [6, 6.07) is 14.6. The van der Waals surface area contributed by atoms with Crippen molar-refractivity contribution < 1.29 is 13.7 Å². The van der Waals surface area contributed by atoms with Crippen LogP contribution in [0.3, 0.4) is 0 Å². The number of carbonyl (C=O) groups excluding carboxylic acids is 1. The van der Waals surface area contributed by atoms with Crippen molar-refractivity contribution in [2.75, 3.05) is 6.54 Å². The van der Waals surface area contributed by atoms with Crippen molar-refractivity contribution in [3.63, 3.8) is 0 Å². The van der Waals surface area contributed by atoms with Crippen LogP contribution in [0.15, 0.2) is 68.7 Å². The van der Waals surface area contributed by atoms with Crippen LogP contribution >= 0.6 is 0 Å². The number of halogens is 1. The Morgan fingerprint density at radius 2 is 1.82 bits per heavy atom. The fourth-order valence-electron chi connectivity index (χ4n) is 3.14. The minimum Gasteiger partial charge on any atom is -0.347 e. The van der Waals surface area contributed by atoms with Crippen molar-refractivity contribution in [1.82, 2.24) is 29.8 Å². The third-order valence-corrected chi connectivity index (χ3v) is 4.82. The van der Waals surface area contributed by atoms with E-state index in [1.54, 1.807) is 6.92 Å². The second kappa shape index (κ2) is 9.39. The average molecular weight is 450 g/mol. The quantitative estimate of drug-likeness (QED) is 0.453. The molecule has 1 N–H and O–H groups in total. The van der Waals surface area contributed by atoms with Crippen molar-refractivity contribution in [2.45, 2.75) is 19.9 Å². The molecule has 0 saturated carbocycles. The van der Waals surface area contributed by atoms with Gasteiger partial charge in [-0.25, -0.2) is 9.18 Å². The Labute approximate surface area is 186 Å². The van der Waals surface area contributed by atoms with Gasteiger partial charge in [-0.2, -0.15) is 14.8 Å². The highest BCUT2D eigenvalue weighted by atomic mass is 19.1. The highest BCUT2D eigenvalue weighted by Gasteiger charge is 2.22. The van der Waals surface area contributed by atoms with E-state index >= 15 is 0 Å². The molecule has 0 spiro atoms. The predicted octanol–water partition coefficient (Wildman–Crippen LogP) is 1.58. The van der Waals surface area contributed by atoms with Crippen molar-refractivity contribution in [3.8, 4) is 17.2 Å². The highest BCUT2D eigenvalue weighted by Crippen LogP contribution is 2.11. The number of hydrogen-bond acceptors (Lipinski definition) is 7. The van der Waals surface area contributed by atoms with E-state index in [1.807, 2.05) is 30.3 Å². The Hall–Kier alpha value is -4.41. The third kappa shape index (κ3) is 4.61. The Kier molecular flexibility index (Phi) is 6.20. The van der Waals surface area contributed by atoms with Gasteiger partial charge in [0.15, 0.2) is 5.69 Å². The number of amides is 1. The molecule has 2 heterocycles. The summed E-state index contributed by atoms with van der Waals surface area (Å²) in [5.41, 5.74) is -0.436. The minimum atomic E-state index is -0.738. The lowest BCUT2D eigenvalue weighted by Crippen LogP contribution is -2.41. The van der Waals surface area contributed by atoms with Crippen LogP contribution in [0.25, 0.3) is 17.2 Å². The van der Waals surface area contributed by atoms with E-state index in [0.29, 0.717) is 13.0 Å². The molecular weight excluding hydrogens is 431 g/mol. The Bertz CT molecular complexity index is 1390. The lowest BCUT2D eigenvalue weighted by Gasteiger charge is -2.09. The molecular formula is C22H19FN6O4. The van der Waals surface area contributed by atoms with Crippen LogP contribution in [0.2, 0.25) is 0 Å². The molecule has 0 atom stereocenters. The summed E-state index contributed by atoms with van der Waals surface area (Å²) < 4.78 is 20.2. The van der Waals surface area contributed by atoms with Gasteiger partial charge in [0, 0.05) is 13.1 Å². The molecule has 0 unspecified atom stereocenters. The summed E-state index contributed by atoms with van der Waals surface area (Å²) in [4.78, 5) is 41.8.